The molecule has 2 rings (SSSR count). The predicted molar refractivity (Wildman–Crippen MR) is 84.1 cm³/mol. The van der Waals surface area contributed by atoms with Gasteiger partial charge in [-0.15, -0.1) is 0 Å². The molecule has 0 saturated carbocycles. The van der Waals surface area contributed by atoms with Crippen LogP contribution in [0.5, 0.6) is 0 Å². The molecule has 1 heterocycles. The molecule has 1 aliphatic heterocycles. The topological polar surface area (TPSA) is 81.4 Å². The van der Waals surface area contributed by atoms with Gasteiger partial charge in [-0.2, -0.15) is 5.26 Å². The summed E-state index contributed by atoms with van der Waals surface area (Å²) in [7, 11) is -3.32. The van der Waals surface area contributed by atoms with Crippen molar-refractivity contribution in [1.29, 1.82) is 5.26 Å². The fourth-order valence-corrected chi connectivity index (χ4v) is 4.20. The molecule has 0 spiro atoms. The second-order valence-electron chi connectivity index (χ2n) is 5.65. The first-order valence-corrected chi connectivity index (χ1v) is 9.30. The lowest BCUT2D eigenvalue weighted by Crippen LogP contribution is -2.34. The number of nitriles is 1. The third-order valence-electron chi connectivity index (χ3n) is 4.18. The zero-order valence-electron chi connectivity index (χ0n) is 12.6. The van der Waals surface area contributed by atoms with Crippen molar-refractivity contribution < 1.29 is 13.5 Å². The first kappa shape index (κ1) is 16.9. The molecule has 5 nitrogen and oxygen atoms in total. The van der Waals surface area contributed by atoms with E-state index >= 15 is 0 Å². The SMILES string of the molecule is N#Cc1ccc(S(=O)(=O)CCN2CCCC2CCCO)cc1. The van der Waals surface area contributed by atoms with E-state index in [0.717, 1.165) is 32.2 Å². The van der Waals surface area contributed by atoms with Crippen molar-refractivity contribution in [3.05, 3.63) is 29.8 Å². The number of nitrogens with zero attached hydrogens (tertiary/aromatic N) is 2. The summed E-state index contributed by atoms with van der Waals surface area (Å²) in [5, 5.41) is 17.7. The van der Waals surface area contributed by atoms with Gasteiger partial charge in [0.05, 0.1) is 22.3 Å². The van der Waals surface area contributed by atoms with Gasteiger partial charge in [0.15, 0.2) is 9.84 Å². The van der Waals surface area contributed by atoms with Crippen molar-refractivity contribution in [2.24, 2.45) is 0 Å². The van der Waals surface area contributed by atoms with E-state index in [-0.39, 0.29) is 17.3 Å². The standard InChI is InChI=1S/C16H22N2O3S/c17-13-14-5-7-16(8-6-14)22(20,21)12-10-18-9-1-3-15(18)4-2-11-19/h5-8,15,19H,1-4,9-12H2. The maximum Gasteiger partial charge on any atom is 0.179 e. The lowest BCUT2D eigenvalue weighted by Gasteiger charge is -2.24. The molecular formula is C16H22N2O3S. The van der Waals surface area contributed by atoms with Crippen LogP contribution in [0.15, 0.2) is 29.2 Å². The highest BCUT2D eigenvalue weighted by molar-refractivity contribution is 7.91. The summed E-state index contributed by atoms with van der Waals surface area (Å²) in [6, 6.07) is 8.45. The van der Waals surface area contributed by atoms with E-state index in [1.54, 1.807) is 0 Å². The molecule has 1 unspecified atom stereocenters. The lowest BCUT2D eigenvalue weighted by atomic mass is 10.1. The second kappa shape index (κ2) is 7.73. The maximum absolute atomic E-state index is 12.4. The summed E-state index contributed by atoms with van der Waals surface area (Å²) in [6.07, 6.45) is 3.86. The smallest absolute Gasteiger partial charge is 0.179 e. The lowest BCUT2D eigenvalue weighted by molar-refractivity contribution is 0.224. The van der Waals surface area contributed by atoms with Gasteiger partial charge in [-0.1, -0.05) is 0 Å². The molecule has 0 bridgehead atoms. The molecule has 0 aliphatic carbocycles. The minimum atomic E-state index is -3.32. The van der Waals surface area contributed by atoms with Gasteiger partial charge in [0.2, 0.25) is 0 Å². The summed E-state index contributed by atoms with van der Waals surface area (Å²) in [5.41, 5.74) is 0.461. The Morgan fingerprint density at radius 1 is 1.32 bits per heavy atom. The number of hydrogen-bond donors (Lipinski definition) is 1. The molecule has 1 aromatic carbocycles. The number of hydrogen-bond acceptors (Lipinski definition) is 5. The van der Waals surface area contributed by atoms with Crippen molar-refractivity contribution in [1.82, 2.24) is 4.90 Å². The molecule has 1 aromatic rings. The minimum Gasteiger partial charge on any atom is -0.396 e. The van der Waals surface area contributed by atoms with E-state index in [4.69, 9.17) is 10.4 Å². The van der Waals surface area contributed by atoms with Gasteiger partial charge >= 0.3 is 0 Å². The Labute approximate surface area is 132 Å². The Balaban J connectivity index is 1.95. The van der Waals surface area contributed by atoms with Crippen LogP contribution in [0.25, 0.3) is 0 Å². The fraction of sp³-hybridized carbons (Fsp3) is 0.562. The van der Waals surface area contributed by atoms with Crippen molar-refractivity contribution in [2.45, 2.75) is 36.6 Å². The molecule has 0 aromatic heterocycles. The summed E-state index contributed by atoms with van der Waals surface area (Å²) in [4.78, 5) is 2.49. The van der Waals surface area contributed by atoms with Crippen LogP contribution in [0.2, 0.25) is 0 Å². The highest BCUT2D eigenvalue weighted by Crippen LogP contribution is 2.22. The van der Waals surface area contributed by atoms with Gasteiger partial charge in [-0.05, 0) is 56.5 Å². The van der Waals surface area contributed by atoms with Crippen molar-refractivity contribution >= 4 is 9.84 Å². The number of sulfone groups is 1. The first-order valence-electron chi connectivity index (χ1n) is 7.64. The predicted octanol–water partition coefficient (Wildman–Crippen LogP) is 1.57. The van der Waals surface area contributed by atoms with Crippen molar-refractivity contribution in [3.63, 3.8) is 0 Å². The fourth-order valence-electron chi connectivity index (χ4n) is 2.94. The summed E-state index contributed by atoms with van der Waals surface area (Å²) >= 11 is 0. The van der Waals surface area contributed by atoms with Crippen molar-refractivity contribution in [2.75, 3.05) is 25.4 Å². The van der Waals surface area contributed by atoms with Crippen LogP contribution in [-0.4, -0.2) is 49.9 Å². The Morgan fingerprint density at radius 2 is 2.05 bits per heavy atom. The first-order chi connectivity index (χ1) is 10.6. The molecule has 0 radical (unpaired) electrons. The van der Waals surface area contributed by atoms with Gasteiger partial charge < -0.3 is 5.11 Å². The largest absolute Gasteiger partial charge is 0.396 e. The molecule has 1 atom stereocenters. The molecule has 1 N–H and O–H groups in total. The van der Waals surface area contributed by atoms with Crippen molar-refractivity contribution in [3.8, 4) is 6.07 Å². The molecule has 120 valence electrons. The number of likely N-dealkylation sites (tertiary alicyclic amines) is 1. The maximum atomic E-state index is 12.4. The molecule has 6 heteroatoms. The van der Waals surface area contributed by atoms with Gasteiger partial charge in [-0.3, -0.25) is 4.90 Å². The normalized spacial score (nSPS) is 19.2. The number of aliphatic hydroxyl groups excluding tert-OH is 1. The van der Waals surface area contributed by atoms with Gasteiger partial charge in [0.1, 0.15) is 0 Å². The van der Waals surface area contributed by atoms with Crippen LogP contribution >= 0.6 is 0 Å². The molecule has 1 saturated heterocycles. The molecule has 1 fully saturated rings. The van der Waals surface area contributed by atoms with E-state index in [1.807, 2.05) is 6.07 Å². The minimum absolute atomic E-state index is 0.0918. The van der Waals surface area contributed by atoms with E-state index in [1.165, 1.54) is 24.3 Å². The van der Waals surface area contributed by atoms with Crippen LogP contribution in [0.4, 0.5) is 0 Å². The Morgan fingerprint density at radius 3 is 2.68 bits per heavy atom. The van der Waals surface area contributed by atoms with Crippen LogP contribution in [0, 0.1) is 11.3 Å². The molecular weight excluding hydrogens is 300 g/mol. The van der Waals surface area contributed by atoms with E-state index in [0.29, 0.717) is 18.2 Å². The monoisotopic (exact) mass is 322 g/mol. The van der Waals surface area contributed by atoms with E-state index in [2.05, 4.69) is 4.90 Å². The Bertz CT molecular complexity index is 620. The van der Waals surface area contributed by atoms with Crippen LogP contribution in [-0.2, 0) is 9.84 Å². The number of aliphatic hydroxyl groups is 1. The average molecular weight is 322 g/mol. The summed E-state index contributed by atoms with van der Waals surface area (Å²) in [6.45, 7) is 1.64. The second-order valence-corrected chi connectivity index (χ2v) is 7.76. The van der Waals surface area contributed by atoms with Gasteiger partial charge in [-0.25, -0.2) is 8.42 Å². The zero-order chi connectivity index (χ0) is 16.0. The molecule has 1 aliphatic rings. The highest BCUT2D eigenvalue weighted by Gasteiger charge is 2.25. The van der Waals surface area contributed by atoms with Crippen LogP contribution in [0.1, 0.15) is 31.2 Å². The number of benzene rings is 1. The van der Waals surface area contributed by atoms with Gasteiger partial charge in [0, 0.05) is 19.2 Å². The number of rotatable bonds is 7. The third kappa shape index (κ3) is 4.29. The van der Waals surface area contributed by atoms with Crippen LogP contribution in [0.3, 0.4) is 0 Å². The Kier molecular flexibility index (Phi) is 5.95. The summed E-state index contributed by atoms with van der Waals surface area (Å²) < 4.78 is 24.7. The Hall–Kier alpha value is -1.42. The molecule has 0 amide bonds. The highest BCUT2D eigenvalue weighted by atomic mass is 32.2. The third-order valence-corrected chi connectivity index (χ3v) is 5.89. The quantitative estimate of drug-likeness (QED) is 0.824. The van der Waals surface area contributed by atoms with E-state index < -0.39 is 9.84 Å². The summed E-state index contributed by atoms with van der Waals surface area (Å²) in [5.74, 6) is 0.0918. The van der Waals surface area contributed by atoms with Gasteiger partial charge in [0.25, 0.3) is 0 Å². The molecule has 22 heavy (non-hydrogen) atoms. The van der Waals surface area contributed by atoms with E-state index in [9.17, 15) is 8.42 Å². The van der Waals surface area contributed by atoms with Crippen LogP contribution < -0.4 is 0 Å². The average Bonchev–Trinajstić information content (AvgIpc) is 2.98. The zero-order valence-corrected chi connectivity index (χ0v) is 13.4.